The van der Waals surface area contributed by atoms with Crippen LogP contribution in [0.5, 0.6) is 0 Å². The van der Waals surface area contributed by atoms with Gasteiger partial charge < -0.3 is 8.98 Å². The summed E-state index contributed by atoms with van der Waals surface area (Å²) in [5.41, 5.74) is 7.73. The Kier molecular flexibility index (Phi) is 4.38. The second-order valence-corrected chi connectivity index (χ2v) is 9.71. The molecule has 2 atom stereocenters. The molecule has 2 heterocycles. The molecule has 2 aromatic heterocycles. The summed E-state index contributed by atoms with van der Waals surface area (Å²) in [7, 11) is 0. The predicted molar refractivity (Wildman–Crippen MR) is 143 cm³/mol. The molecule has 2 unspecified atom stereocenters. The Balaban J connectivity index is 1.52. The van der Waals surface area contributed by atoms with Crippen molar-refractivity contribution in [2.75, 3.05) is 0 Å². The van der Waals surface area contributed by atoms with Crippen molar-refractivity contribution >= 4 is 44.4 Å². The standard InChI is InChI=1S/C32H24N2O/c1-20-13-15-26-31(17-20)35-30-12-6-9-25(32(26)30)24-16-14-21(19-33)18-29(24)34-27-10-4-2-7-22(27)23-8-3-5-11-28(23)34/h2-16,20,29H,17-18H2,1H3. The van der Waals surface area contributed by atoms with Gasteiger partial charge in [-0.15, -0.1) is 0 Å². The van der Waals surface area contributed by atoms with Crippen LogP contribution in [0.1, 0.15) is 36.3 Å². The number of allylic oxidation sites excluding steroid dienone is 5. The molecule has 2 aliphatic rings. The highest BCUT2D eigenvalue weighted by atomic mass is 16.3. The molecule has 5 aromatic rings. The lowest BCUT2D eigenvalue weighted by Crippen LogP contribution is -2.14. The number of rotatable bonds is 2. The van der Waals surface area contributed by atoms with Crippen LogP contribution in [0.3, 0.4) is 0 Å². The van der Waals surface area contributed by atoms with Crippen LogP contribution in [0.15, 0.2) is 94.9 Å². The number of nitrogens with zero attached hydrogens (tertiary/aromatic N) is 2. The van der Waals surface area contributed by atoms with Gasteiger partial charge in [0.25, 0.3) is 0 Å². The lowest BCUT2D eigenvalue weighted by atomic mass is 9.85. The fourth-order valence-corrected chi connectivity index (χ4v) is 5.97. The first-order chi connectivity index (χ1) is 17.2. The van der Waals surface area contributed by atoms with Gasteiger partial charge in [0.2, 0.25) is 0 Å². The molecule has 3 aromatic carbocycles. The smallest absolute Gasteiger partial charge is 0.135 e. The van der Waals surface area contributed by atoms with Crippen molar-refractivity contribution in [3.8, 4) is 6.07 Å². The number of furan rings is 1. The average Bonchev–Trinajstić information content (AvgIpc) is 3.43. The van der Waals surface area contributed by atoms with E-state index in [0.717, 1.165) is 23.3 Å². The van der Waals surface area contributed by atoms with Gasteiger partial charge in [0.05, 0.1) is 12.1 Å². The van der Waals surface area contributed by atoms with Gasteiger partial charge >= 0.3 is 0 Å². The summed E-state index contributed by atoms with van der Waals surface area (Å²) in [5.74, 6) is 1.55. The molecular weight excluding hydrogens is 428 g/mol. The van der Waals surface area contributed by atoms with Crippen LogP contribution < -0.4 is 0 Å². The van der Waals surface area contributed by atoms with Crippen molar-refractivity contribution in [3.05, 3.63) is 107 Å². The summed E-state index contributed by atoms with van der Waals surface area (Å²) in [4.78, 5) is 0. The summed E-state index contributed by atoms with van der Waals surface area (Å²) in [6.07, 6.45) is 10.2. The van der Waals surface area contributed by atoms with Crippen LogP contribution >= 0.6 is 0 Å². The number of hydrogen-bond donors (Lipinski definition) is 0. The minimum atomic E-state index is 0.00194. The van der Waals surface area contributed by atoms with Gasteiger partial charge in [-0.25, -0.2) is 0 Å². The zero-order valence-electron chi connectivity index (χ0n) is 19.5. The molecule has 7 rings (SSSR count). The van der Waals surface area contributed by atoms with Gasteiger partial charge in [0.1, 0.15) is 11.3 Å². The van der Waals surface area contributed by atoms with E-state index < -0.39 is 0 Å². The SMILES string of the molecule is CC1C=Cc2c(oc3cccc(C4=CC=C(C#N)CC4n4c5ccccc5c5ccccc54)c23)C1. The summed E-state index contributed by atoms with van der Waals surface area (Å²) in [6, 6.07) is 26.0. The molecule has 0 spiro atoms. The number of benzene rings is 3. The first-order valence-electron chi connectivity index (χ1n) is 12.2. The molecule has 0 fully saturated rings. The summed E-state index contributed by atoms with van der Waals surface area (Å²) >= 11 is 0. The molecule has 0 bridgehead atoms. The van der Waals surface area contributed by atoms with Gasteiger partial charge in [0, 0.05) is 51.2 Å². The summed E-state index contributed by atoms with van der Waals surface area (Å²) in [6.45, 7) is 2.23. The van der Waals surface area contributed by atoms with E-state index in [4.69, 9.17) is 4.42 Å². The lowest BCUT2D eigenvalue weighted by molar-refractivity contribution is 0.513. The van der Waals surface area contributed by atoms with Gasteiger partial charge in [-0.3, -0.25) is 0 Å². The maximum absolute atomic E-state index is 9.83. The third kappa shape index (κ3) is 2.97. The van der Waals surface area contributed by atoms with E-state index in [9.17, 15) is 5.26 Å². The highest BCUT2D eigenvalue weighted by Crippen LogP contribution is 2.45. The first-order valence-corrected chi connectivity index (χ1v) is 12.2. The van der Waals surface area contributed by atoms with Crippen molar-refractivity contribution in [1.29, 1.82) is 5.26 Å². The largest absolute Gasteiger partial charge is 0.460 e. The Morgan fingerprint density at radius 3 is 2.37 bits per heavy atom. The Morgan fingerprint density at radius 1 is 0.886 bits per heavy atom. The fourth-order valence-electron chi connectivity index (χ4n) is 5.97. The van der Waals surface area contributed by atoms with Crippen molar-refractivity contribution in [3.63, 3.8) is 0 Å². The molecule has 35 heavy (non-hydrogen) atoms. The van der Waals surface area contributed by atoms with E-state index in [-0.39, 0.29) is 6.04 Å². The second-order valence-electron chi connectivity index (χ2n) is 9.71. The van der Waals surface area contributed by atoms with E-state index in [1.807, 2.05) is 6.08 Å². The molecule has 3 heteroatoms. The van der Waals surface area contributed by atoms with Crippen LogP contribution in [-0.2, 0) is 6.42 Å². The Labute approximate surface area is 203 Å². The minimum absolute atomic E-state index is 0.00194. The number of aromatic nitrogens is 1. The Morgan fingerprint density at radius 2 is 1.63 bits per heavy atom. The Hall–Kier alpha value is -4.29. The molecule has 0 saturated heterocycles. The van der Waals surface area contributed by atoms with Crippen molar-refractivity contribution in [1.82, 2.24) is 4.57 Å². The first kappa shape index (κ1) is 20.1. The molecule has 0 radical (unpaired) electrons. The quantitative estimate of drug-likeness (QED) is 0.271. The highest BCUT2D eigenvalue weighted by Gasteiger charge is 2.29. The molecular formula is C32H24N2O. The van der Waals surface area contributed by atoms with E-state index in [0.29, 0.717) is 12.3 Å². The predicted octanol–water partition coefficient (Wildman–Crippen LogP) is 8.22. The summed E-state index contributed by atoms with van der Waals surface area (Å²) in [5, 5.41) is 13.5. The van der Waals surface area contributed by atoms with Crippen LogP contribution in [0.4, 0.5) is 0 Å². The van der Waals surface area contributed by atoms with Crippen molar-refractivity contribution < 1.29 is 4.42 Å². The van der Waals surface area contributed by atoms with Gasteiger partial charge in [0.15, 0.2) is 0 Å². The molecule has 2 aliphatic carbocycles. The van der Waals surface area contributed by atoms with E-state index in [1.54, 1.807) is 0 Å². The molecule has 3 nitrogen and oxygen atoms in total. The molecule has 0 N–H and O–H groups in total. The minimum Gasteiger partial charge on any atom is -0.460 e. The van der Waals surface area contributed by atoms with Crippen LogP contribution in [0.25, 0.3) is 44.4 Å². The van der Waals surface area contributed by atoms with Crippen molar-refractivity contribution in [2.45, 2.75) is 25.8 Å². The third-order valence-electron chi connectivity index (χ3n) is 7.55. The van der Waals surface area contributed by atoms with E-state index >= 15 is 0 Å². The normalized spacial score (nSPS) is 19.5. The molecule has 0 amide bonds. The van der Waals surface area contributed by atoms with Crippen LogP contribution in [0.2, 0.25) is 0 Å². The van der Waals surface area contributed by atoms with Crippen LogP contribution in [0, 0.1) is 17.2 Å². The van der Waals surface area contributed by atoms with Gasteiger partial charge in [-0.05, 0) is 41.3 Å². The topological polar surface area (TPSA) is 41.9 Å². The second kappa shape index (κ2) is 7.61. The molecule has 0 saturated carbocycles. The average molecular weight is 453 g/mol. The van der Waals surface area contributed by atoms with E-state index in [1.165, 1.54) is 43.9 Å². The maximum Gasteiger partial charge on any atom is 0.135 e. The monoisotopic (exact) mass is 452 g/mol. The molecule has 0 aliphatic heterocycles. The van der Waals surface area contributed by atoms with Crippen LogP contribution in [-0.4, -0.2) is 4.57 Å². The summed E-state index contributed by atoms with van der Waals surface area (Å²) < 4.78 is 8.78. The Bertz CT molecular complexity index is 1730. The lowest BCUT2D eigenvalue weighted by Gasteiger charge is -2.27. The number of para-hydroxylation sites is 2. The maximum atomic E-state index is 9.83. The fraction of sp³-hybridized carbons (Fsp3) is 0.156. The zero-order valence-corrected chi connectivity index (χ0v) is 19.5. The number of fused-ring (bicyclic) bond motifs is 6. The van der Waals surface area contributed by atoms with E-state index in [2.05, 4.69) is 103 Å². The number of nitriles is 1. The molecule has 168 valence electrons. The van der Waals surface area contributed by atoms with Crippen molar-refractivity contribution in [2.24, 2.45) is 5.92 Å². The third-order valence-corrected chi connectivity index (χ3v) is 7.55. The van der Waals surface area contributed by atoms with Gasteiger partial charge in [-0.1, -0.05) is 73.7 Å². The zero-order chi connectivity index (χ0) is 23.5. The van der Waals surface area contributed by atoms with Gasteiger partial charge in [-0.2, -0.15) is 5.26 Å². The highest BCUT2D eigenvalue weighted by molar-refractivity contribution is 6.09. The number of hydrogen-bond acceptors (Lipinski definition) is 2.